The molecule has 0 unspecified atom stereocenters. The molecule has 3 nitrogen and oxygen atoms in total. The lowest BCUT2D eigenvalue weighted by atomic mass is 9.62. The summed E-state index contributed by atoms with van der Waals surface area (Å²) in [5.74, 6) is 0.828. The highest BCUT2D eigenvalue weighted by Gasteiger charge is 2.48. The molecule has 0 bridgehead atoms. The molecule has 2 rings (SSSR count). The molecule has 104 valence electrons. The second kappa shape index (κ2) is 5.33. The molecular weight excluding hydrogens is 236 g/mol. The molecule has 1 fully saturated rings. The van der Waals surface area contributed by atoms with E-state index in [1.807, 2.05) is 18.0 Å². The number of nitrogens with two attached hydrogens (primary N) is 1. The number of hydrogen-bond donors (Lipinski definition) is 1. The van der Waals surface area contributed by atoms with E-state index in [-0.39, 0.29) is 11.3 Å². The van der Waals surface area contributed by atoms with E-state index < -0.39 is 0 Å². The summed E-state index contributed by atoms with van der Waals surface area (Å²) in [6.07, 6.45) is 1.86. The number of benzene rings is 1. The summed E-state index contributed by atoms with van der Waals surface area (Å²) in [6, 6.07) is 8.30. The minimum atomic E-state index is -0.294. The lowest BCUT2D eigenvalue weighted by Crippen LogP contribution is -2.53. The highest BCUT2D eigenvalue weighted by molar-refractivity contribution is 5.83. The fraction of sp³-hybridized carbons (Fsp3) is 0.562. The third-order valence-corrected chi connectivity index (χ3v) is 4.17. The van der Waals surface area contributed by atoms with Gasteiger partial charge in [0.15, 0.2) is 0 Å². The molecule has 3 heteroatoms. The minimum absolute atomic E-state index is 0.203. The van der Waals surface area contributed by atoms with Crippen molar-refractivity contribution in [1.82, 2.24) is 4.90 Å². The van der Waals surface area contributed by atoms with Crippen LogP contribution in [0, 0.1) is 18.3 Å². The van der Waals surface area contributed by atoms with Crippen molar-refractivity contribution in [2.24, 2.45) is 17.1 Å². The Morgan fingerprint density at radius 3 is 2.68 bits per heavy atom. The highest BCUT2D eigenvalue weighted by atomic mass is 16.2. The number of hydrogen-bond acceptors (Lipinski definition) is 2. The van der Waals surface area contributed by atoms with Crippen LogP contribution in [-0.2, 0) is 11.3 Å². The molecule has 1 aromatic rings. The van der Waals surface area contributed by atoms with Crippen molar-refractivity contribution >= 4 is 5.91 Å². The second-order valence-corrected chi connectivity index (χ2v) is 6.15. The molecule has 1 amide bonds. The van der Waals surface area contributed by atoms with Crippen LogP contribution in [0.15, 0.2) is 24.3 Å². The van der Waals surface area contributed by atoms with E-state index in [0.717, 1.165) is 12.8 Å². The Morgan fingerprint density at radius 2 is 2.16 bits per heavy atom. The molecule has 1 aromatic carbocycles. The van der Waals surface area contributed by atoms with Crippen LogP contribution in [0.5, 0.6) is 0 Å². The third-order valence-electron chi connectivity index (χ3n) is 4.17. The van der Waals surface area contributed by atoms with Gasteiger partial charge in [0.1, 0.15) is 0 Å². The van der Waals surface area contributed by atoms with Crippen LogP contribution in [-0.4, -0.2) is 24.4 Å². The quantitative estimate of drug-likeness (QED) is 0.903. The lowest BCUT2D eigenvalue weighted by molar-refractivity contribution is -0.148. The summed E-state index contributed by atoms with van der Waals surface area (Å²) < 4.78 is 0. The number of carbonyl (C=O) groups excluding carboxylic acids is 1. The van der Waals surface area contributed by atoms with Gasteiger partial charge in [-0.3, -0.25) is 4.79 Å². The van der Waals surface area contributed by atoms with Gasteiger partial charge < -0.3 is 10.6 Å². The first kappa shape index (κ1) is 14.1. The van der Waals surface area contributed by atoms with Crippen molar-refractivity contribution in [3.8, 4) is 0 Å². The van der Waals surface area contributed by atoms with E-state index in [2.05, 4.69) is 32.0 Å². The van der Waals surface area contributed by atoms with E-state index in [1.54, 1.807) is 0 Å². The number of carbonyl (C=O) groups is 1. The maximum absolute atomic E-state index is 12.6. The normalized spacial score (nSPS) is 25.8. The second-order valence-electron chi connectivity index (χ2n) is 6.15. The van der Waals surface area contributed by atoms with Gasteiger partial charge >= 0.3 is 0 Å². The molecule has 19 heavy (non-hydrogen) atoms. The molecule has 2 N–H and O–H groups in total. The summed E-state index contributed by atoms with van der Waals surface area (Å²) in [5.41, 5.74) is 7.95. The molecular formula is C16H24N2O. The van der Waals surface area contributed by atoms with E-state index in [4.69, 9.17) is 5.73 Å². The first-order valence-electron chi connectivity index (χ1n) is 6.98. The molecule has 0 heterocycles. The summed E-state index contributed by atoms with van der Waals surface area (Å²) in [7, 11) is 1.88. The Kier molecular flexibility index (Phi) is 3.95. The Hall–Kier alpha value is -1.35. The molecule has 0 spiro atoms. The maximum atomic E-state index is 12.6. The molecule has 0 radical (unpaired) electrons. The summed E-state index contributed by atoms with van der Waals surface area (Å²) in [6.45, 7) is 5.38. The van der Waals surface area contributed by atoms with Crippen molar-refractivity contribution in [3.05, 3.63) is 35.4 Å². The van der Waals surface area contributed by atoms with Crippen LogP contribution in [0.25, 0.3) is 0 Å². The van der Waals surface area contributed by atoms with Gasteiger partial charge in [-0.05, 0) is 31.2 Å². The fourth-order valence-corrected chi connectivity index (χ4v) is 3.26. The minimum Gasteiger partial charge on any atom is -0.341 e. The van der Waals surface area contributed by atoms with E-state index in [1.165, 1.54) is 11.1 Å². The van der Waals surface area contributed by atoms with Crippen LogP contribution in [0.2, 0.25) is 0 Å². The molecule has 1 saturated carbocycles. The van der Waals surface area contributed by atoms with Gasteiger partial charge in [0.05, 0.1) is 5.41 Å². The van der Waals surface area contributed by atoms with Gasteiger partial charge in [0, 0.05) is 20.1 Å². The van der Waals surface area contributed by atoms with Gasteiger partial charge in [-0.2, -0.15) is 0 Å². The smallest absolute Gasteiger partial charge is 0.230 e. The number of nitrogens with zero attached hydrogens (tertiary/aromatic N) is 1. The molecule has 1 aliphatic rings. The van der Waals surface area contributed by atoms with Crippen molar-refractivity contribution in [2.75, 3.05) is 13.6 Å². The lowest BCUT2D eigenvalue weighted by Gasteiger charge is -2.46. The molecule has 0 aliphatic heterocycles. The number of amides is 1. The average Bonchev–Trinajstić information content (AvgIpc) is 2.34. The molecule has 1 aliphatic carbocycles. The predicted molar refractivity (Wildman–Crippen MR) is 77.5 cm³/mol. The van der Waals surface area contributed by atoms with Gasteiger partial charge in [-0.15, -0.1) is 0 Å². The Bertz CT molecular complexity index is 464. The monoisotopic (exact) mass is 260 g/mol. The van der Waals surface area contributed by atoms with Crippen LogP contribution < -0.4 is 5.73 Å². The molecule has 0 atom stereocenters. The van der Waals surface area contributed by atoms with Crippen LogP contribution >= 0.6 is 0 Å². The standard InChI is InChI=1S/C16H24N2O/c1-12-5-4-6-14(7-12)10-18(3)15(19)16(11-17)8-13(2)9-16/h4-7,13H,8-11,17H2,1-3H3. The topological polar surface area (TPSA) is 46.3 Å². The molecule has 0 saturated heterocycles. The first-order valence-corrected chi connectivity index (χ1v) is 6.98. The van der Waals surface area contributed by atoms with E-state index >= 15 is 0 Å². The zero-order valence-electron chi connectivity index (χ0n) is 12.1. The van der Waals surface area contributed by atoms with Gasteiger partial charge in [0.25, 0.3) is 0 Å². The van der Waals surface area contributed by atoms with E-state index in [0.29, 0.717) is 19.0 Å². The maximum Gasteiger partial charge on any atom is 0.230 e. The number of aryl methyl sites for hydroxylation is 1. The SMILES string of the molecule is Cc1cccc(CN(C)C(=O)C2(CN)CC(C)C2)c1. The van der Waals surface area contributed by atoms with Crippen LogP contribution in [0.4, 0.5) is 0 Å². The zero-order valence-corrected chi connectivity index (χ0v) is 12.1. The summed E-state index contributed by atoms with van der Waals surface area (Å²) in [5, 5.41) is 0. The molecule has 0 aromatic heterocycles. The van der Waals surface area contributed by atoms with Crippen molar-refractivity contribution < 1.29 is 4.79 Å². The van der Waals surface area contributed by atoms with E-state index in [9.17, 15) is 4.79 Å². The van der Waals surface area contributed by atoms with Crippen LogP contribution in [0.1, 0.15) is 30.9 Å². The highest BCUT2D eigenvalue weighted by Crippen LogP contribution is 2.45. The average molecular weight is 260 g/mol. The third kappa shape index (κ3) is 2.81. The van der Waals surface area contributed by atoms with Gasteiger partial charge in [0.2, 0.25) is 5.91 Å². The summed E-state index contributed by atoms with van der Waals surface area (Å²) >= 11 is 0. The van der Waals surface area contributed by atoms with Crippen LogP contribution in [0.3, 0.4) is 0 Å². The fourth-order valence-electron chi connectivity index (χ4n) is 3.26. The van der Waals surface area contributed by atoms with Crippen molar-refractivity contribution in [2.45, 2.75) is 33.2 Å². The Morgan fingerprint density at radius 1 is 1.47 bits per heavy atom. The Labute approximate surface area is 115 Å². The largest absolute Gasteiger partial charge is 0.341 e. The predicted octanol–water partition coefficient (Wildman–Crippen LogP) is 2.33. The first-order chi connectivity index (χ1) is 8.97. The summed E-state index contributed by atoms with van der Waals surface area (Å²) in [4.78, 5) is 14.4. The zero-order chi connectivity index (χ0) is 14.0. The van der Waals surface area contributed by atoms with Gasteiger partial charge in [-0.25, -0.2) is 0 Å². The van der Waals surface area contributed by atoms with Crippen molar-refractivity contribution in [3.63, 3.8) is 0 Å². The Balaban J connectivity index is 2.03. The number of rotatable bonds is 4. The van der Waals surface area contributed by atoms with Gasteiger partial charge in [-0.1, -0.05) is 36.8 Å². The van der Waals surface area contributed by atoms with Crippen molar-refractivity contribution in [1.29, 1.82) is 0 Å².